The number of hydrogen-bond donors (Lipinski definition) is 3. The zero-order valence-electron chi connectivity index (χ0n) is 13.5. The Morgan fingerprint density at radius 1 is 1.23 bits per heavy atom. The topological polar surface area (TPSA) is 122 Å². The molecular formula is C18H14N6O2. The first-order valence-corrected chi connectivity index (χ1v) is 7.74. The van der Waals surface area contributed by atoms with Gasteiger partial charge in [0.2, 0.25) is 0 Å². The minimum absolute atomic E-state index is 0.214. The molecule has 0 aliphatic carbocycles. The molecular weight excluding hydrogens is 332 g/mol. The highest BCUT2D eigenvalue weighted by molar-refractivity contribution is 6.14. The molecule has 3 aromatic heterocycles. The van der Waals surface area contributed by atoms with Gasteiger partial charge in [0, 0.05) is 34.8 Å². The number of nitrogen functional groups attached to an aromatic ring is 1. The van der Waals surface area contributed by atoms with E-state index in [4.69, 9.17) is 15.6 Å². The van der Waals surface area contributed by atoms with Gasteiger partial charge in [-0.3, -0.25) is 10.2 Å². The predicted molar refractivity (Wildman–Crippen MR) is 96.4 cm³/mol. The maximum absolute atomic E-state index is 12.5. The average molecular weight is 346 g/mol. The molecule has 0 atom stereocenters. The fourth-order valence-electron chi connectivity index (χ4n) is 2.55. The van der Waals surface area contributed by atoms with E-state index < -0.39 is 0 Å². The Hall–Kier alpha value is -3.94. The Morgan fingerprint density at radius 3 is 2.92 bits per heavy atom. The van der Waals surface area contributed by atoms with Crippen molar-refractivity contribution in [2.24, 2.45) is 0 Å². The van der Waals surface area contributed by atoms with Gasteiger partial charge in [-0.15, -0.1) is 0 Å². The van der Waals surface area contributed by atoms with E-state index >= 15 is 0 Å². The van der Waals surface area contributed by atoms with E-state index in [1.165, 1.54) is 12.5 Å². The molecule has 1 aromatic carbocycles. The van der Waals surface area contributed by atoms with Crippen molar-refractivity contribution in [2.45, 2.75) is 0 Å². The van der Waals surface area contributed by atoms with E-state index in [2.05, 4.69) is 15.4 Å². The van der Waals surface area contributed by atoms with Gasteiger partial charge in [0.15, 0.2) is 5.65 Å². The second-order valence-electron chi connectivity index (χ2n) is 5.59. The van der Waals surface area contributed by atoms with Crippen molar-refractivity contribution in [3.8, 4) is 0 Å². The van der Waals surface area contributed by atoms with E-state index in [1.807, 2.05) is 0 Å². The van der Waals surface area contributed by atoms with Crippen molar-refractivity contribution < 1.29 is 9.21 Å². The van der Waals surface area contributed by atoms with Crippen LogP contribution in [-0.2, 0) is 0 Å². The summed E-state index contributed by atoms with van der Waals surface area (Å²) in [7, 11) is 0. The lowest BCUT2D eigenvalue weighted by atomic mass is 10.0. The summed E-state index contributed by atoms with van der Waals surface area (Å²) in [5.74, 6) is -0.362. The van der Waals surface area contributed by atoms with E-state index in [1.54, 1.807) is 53.3 Å². The molecule has 26 heavy (non-hydrogen) atoms. The molecule has 0 radical (unpaired) electrons. The Balaban J connectivity index is 1.60. The first-order valence-electron chi connectivity index (χ1n) is 7.74. The molecule has 4 rings (SSSR count). The SMILES string of the molecule is N=C(c1ccoc1)c1cc(NC(=O)c2ccn3nccc3n2)ccc1N. The Bertz CT molecular complexity index is 1110. The first-order chi connectivity index (χ1) is 12.6. The normalized spacial score (nSPS) is 10.8. The number of rotatable bonds is 4. The number of furan rings is 1. The summed E-state index contributed by atoms with van der Waals surface area (Å²) in [6, 6.07) is 9.95. The molecule has 0 unspecified atom stereocenters. The summed E-state index contributed by atoms with van der Waals surface area (Å²) in [5.41, 5.74) is 9.10. The molecule has 0 bridgehead atoms. The van der Waals surface area contributed by atoms with Crippen LogP contribution in [0.25, 0.3) is 5.65 Å². The minimum Gasteiger partial charge on any atom is -0.472 e. The van der Waals surface area contributed by atoms with Gasteiger partial charge in [0.1, 0.15) is 5.69 Å². The Labute approximate surface area is 147 Å². The molecule has 128 valence electrons. The van der Waals surface area contributed by atoms with Crippen LogP contribution in [0.1, 0.15) is 21.6 Å². The number of anilines is 2. The van der Waals surface area contributed by atoms with Crippen molar-refractivity contribution in [3.05, 3.63) is 78.1 Å². The molecule has 0 fully saturated rings. The number of nitrogens with zero attached hydrogens (tertiary/aromatic N) is 3. The largest absolute Gasteiger partial charge is 0.472 e. The van der Waals surface area contributed by atoms with Crippen molar-refractivity contribution in [1.29, 1.82) is 5.41 Å². The van der Waals surface area contributed by atoms with E-state index in [9.17, 15) is 4.79 Å². The zero-order valence-corrected chi connectivity index (χ0v) is 13.5. The number of fused-ring (bicyclic) bond motifs is 1. The van der Waals surface area contributed by atoms with Crippen LogP contribution in [0.5, 0.6) is 0 Å². The number of amides is 1. The minimum atomic E-state index is -0.362. The summed E-state index contributed by atoms with van der Waals surface area (Å²) in [6.07, 6.45) is 6.24. The van der Waals surface area contributed by atoms with Crippen molar-refractivity contribution in [1.82, 2.24) is 14.6 Å². The second kappa shape index (κ2) is 6.17. The molecule has 0 spiro atoms. The van der Waals surface area contributed by atoms with Gasteiger partial charge in [-0.1, -0.05) is 0 Å². The molecule has 1 amide bonds. The van der Waals surface area contributed by atoms with Crippen LogP contribution in [0.3, 0.4) is 0 Å². The lowest BCUT2D eigenvalue weighted by molar-refractivity contribution is 0.102. The third-order valence-electron chi connectivity index (χ3n) is 3.88. The Kier molecular flexibility index (Phi) is 3.70. The molecule has 0 saturated heterocycles. The molecule has 4 aromatic rings. The third kappa shape index (κ3) is 2.80. The summed E-state index contributed by atoms with van der Waals surface area (Å²) in [6.45, 7) is 0. The van der Waals surface area contributed by atoms with Crippen LogP contribution in [-0.4, -0.2) is 26.2 Å². The first kappa shape index (κ1) is 15.6. The monoisotopic (exact) mass is 346 g/mol. The number of benzene rings is 1. The zero-order chi connectivity index (χ0) is 18.1. The standard InChI is InChI=1S/C18H14N6O2/c19-14-2-1-12(9-13(14)17(20)11-5-8-26-10-11)22-18(25)15-4-7-24-16(23-15)3-6-21-24/h1-10,20H,19H2,(H,22,25). The van der Waals surface area contributed by atoms with E-state index in [0.29, 0.717) is 28.1 Å². The third-order valence-corrected chi connectivity index (χ3v) is 3.88. The molecule has 4 N–H and O–H groups in total. The van der Waals surface area contributed by atoms with Crippen LogP contribution in [0.4, 0.5) is 11.4 Å². The lowest BCUT2D eigenvalue weighted by Crippen LogP contribution is -2.15. The highest BCUT2D eigenvalue weighted by atomic mass is 16.3. The number of nitrogens with two attached hydrogens (primary N) is 1. The van der Waals surface area contributed by atoms with Crippen LogP contribution in [0.15, 0.2) is 65.7 Å². The van der Waals surface area contributed by atoms with Gasteiger partial charge in [0.25, 0.3) is 5.91 Å². The maximum atomic E-state index is 12.5. The highest BCUT2D eigenvalue weighted by Gasteiger charge is 2.13. The Morgan fingerprint density at radius 2 is 2.12 bits per heavy atom. The van der Waals surface area contributed by atoms with Crippen LogP contribution < -0.4 is 11.1 Å². The fraction of sp³-hybridized carbons (Fsp3) is 0. The maximum Gasteiger partial charge on any atom is 0.274 e. The summed E-state index contributed by atoms with van der Waals surface area (Å²) in [4.78, 5) is 16.7. The highest BCUT2D eigenvalue weighted by Crippen LogP contribution is 2.22. The molecule has 0 saturated carbocycles. The van der Waals surface area contributed by atoms with Gasteiger partial charge < -0.3 is 15.5 Å². The van der Waals surface area contributed by atoms with Crippen LogP contribution >= 0.6 is 0 Å². The number of hydrogen-bond acceptors (Lipinski definition) is 6. The summed E-state index contributed by atoms with van der Waals surface area (Å²) < 4.78 is 6.59. The number of carbonyl (C=O) groups excluding carboxylic acids is 1. The van der Waals surface area contributed by atoms with Crippen molar-refractivity contribution >= 4 is 28.6 Å². The molecule has 3 heterocycles. The quantitative estimate of drug-likeness (QED) is 0.387. The van der Waals surface area contributed by atoms with Gasteiger partial charge in [-0.05, 0) is 30.3 Å². The number of aromatic nitrogens is 3. The average Bonchev–Trinajstić information content (AvgIpc) is 3.33. The summed E-state index contributed by atoms with van der Waals surface area (Å²) in [5, 5.41) is 15.1. The number of nitrogens with one attached hydrogen (secondary N) is 2. The van der Waals surface area contributed by atoms with Crippen molar-refractivity contribution in [3.63, 3.8) is 0 Å². The lowest BCUT2D eigenvalue weighted by Gasteiger charge is -2.10. The van der Waals surface area contributed by atoms with Gasteiger partial charge in [0.05, 0.1) is 24.4 Å². The molecule has 8 nitrogen and oxygen atoms in total. The van der Waals surface area contributed by atoms with Gasteiger partial charge in [-0.25, -0.2) is 9.50 Å². The van der Waals surface area contributed by atoms with E-state index in [0.717, 1.165) is 0 Å². The fourth-order valence-corrected chi connectivity index (χ4v) is 2.55. The smallest absolute Gasteiger partial charge is 0.274 e. The van der Waals surface area contributed by atoms with E-state index in [-0.39, 0.29) is 17.3 Å². The van der Waals surface area contributed by atoms with Gasteiger partial charge in [-0.2, -0.15) is 5.10 Å². The molecule has 0 aliphatic rings. The van der Waals surface area contributed by atoms with Gasteiger partial charge >= 0.3 is 0 Å². The molecule has 8 heteroatoms. The molecule has 0 aliphatic heterocycles. The summed E-state index contributed by atoms with van der Waals surface area (Å²) >= 11 is 0. The number of carbonyl (C=O) groups is 1. The van der Waals surface area contributed by atoms with Crippen LogP contribution in [0, 0.1) is 5.41 Å². The second-order valence-corrected chi connectivity index (χ2v) is 5.59. The predicted octanol–water partition coefficient (Wildman–Crippen LogP) is 2.57. The van der Waals surface area contributed by atoms with Crippen molar-refractivity contribution in [2.75, 3.05) is 11.1 Å². The van der Waals surface area contributed by atoms with Crippen LogP contribution in [0.2, 0.25) is 0 Å².